The minimum Gasteiger partial charge on any atom is -0.480 e. The Morgan fingerprint density at radius 2 is 1.40 bits per heavy atom. The second-order valence-electron chi connectivity index (χ2n) is 7.21. The third-order valence-corrected chi connectivity index (χ3v) is 4.03. The molecule has 2 aromatic rings. The first kappa shape index (κ1) is 18.7. The average molecular weight is 339 g/mol. The van der Waals surface area contributed by atoms with Crippen LogP contribution in [0, 0.1) is 5.41 Å². The lowest BCUT2D eigenvalue weighted by Gasteiger charge is -2.34. The Bertz CT molecular complexity index is 705. The van der Waals surface area contributed by atoms with Crippen LogP contribution in [0.5, 0.6) is 0 Å². The van der Waals surface area contributed by atoms with Gasteiger partial charge in [0.25, 0.3) is 0 Å². The molecule has 0 aromatic heterocycles. The van der Waals surface area contributed by atoms with Crippen LogP contribution >= 0.6 is 0 Å². The summed E-state index contributed by atoms with van der Waals surface area (Å²) < 4.78 is 0. The van der Waals surface area contributed by atoms with Crippen LogP contribution in [0.1, 0.15) is 31.9 Å². The molecule has 1 atom stereocenters. The van der Waals surface area contributed by atoms with Crippen molar-refractivity contribution in [2.24, 2.45) is 5.41 Å². The van der Waals surface area contributed by atoms with Gasteiger partial charge in [0, 0.05) is 18.4 Å². The fourth-order valence-electron chi connectivity index (χ4n) is 2.70. The number of carboxylic acids is 1. The minimum atomic E-state index is -0.989. The third kappa shape index (κ3) is 5.18. The van der Waals surface area contributed by atoms with Gasteiger partial charge >= 0.3 is 5.97 Å². The lowest BCUT2D eigenvalue weighted by atomic mass is 9.92. The molecule has 4 heteroatoms. The summed E-state index contributed by atoms with van der Waals surface area (Å²) in [5.41, 5.74) is 1.16. The summed E-state index contributed by atoms with van der Waals surface area (Å²) in [5.74, 6) is -1.16. The summed E-state index contributed by atoms with van der Waals surface area (Å²) in [5, 5.41) is 9.80. The van der Waals surface area contributed by atoms with Crippen LogP contribution < -0.4 is 0 Å². The van der Waals surface area contributed by atoms with Gasteiger partial charge in [0.1, 0.15) is 6.04 Å². The van der Waals surface area contributed by atoms with Gasteiger partial charge in [-0.3, -0.25) is 4.79 Å². The van der Waals surface area contributed by atoms with Crippen LogP contribution in [0.15, 0.2) is 60.7 Å². The van der Waals surface area contributed by atoms with Gasteiger partial charge in [-0.1, -0.05) is 81.4 Å². The summed E-state index contributed by atoms with van der Waals surface area (Å²) in [6, 6.07) is 18.0. The van der Waals surface area contributed by atoms with Crippen LogP contribution in [0.2, 0.25) is 0 Å². The number of hydrogen-bond acceptors (Lipinski definition) is 2. The molecule has 1 amide bonds. The Morgan fingerprint density at radius 3 is 1.84 bits per heavy atom. The van der Waals surface area contributed by atoms with Crippen LogP contribution in [0.25, 0.3) is 0 Å². The van der Waals surface area contributed by atoms with Crippen LogP contribution in [-0.4, -0.2) is 27.9 Å². The third-order valence-electron chi connectivity index (χ3n) is 4.03. The molecule has 0 aliphatic rings. The highest BCUT2D eigenvalue weighted by atomic mass is 16.4. The number of benzene rings is 2. The number of nitrogens with zero attached hydrogens (tertiary/aromatic N) is 1. The number of carbonyl (C=O) groups excluding carboxylic acids is 1. The van der Waals surface area contributed by atoms with E-state index >= 15 is 0 Å². The van der Waals surface area contributed by atoms with Crippen molar-refractivity contribution in [2.75, 3.05) is 0 Å². The van der Waals surface area contributed by atoms with E-state index in [-0.39, 0.29) is 18.9 Å². The van der Waals surface area contributed by atoms with Gasteiger partial charge in [-0.2, -0.15) is 0 Å². The van der Waals surface area contributed by atoms with E-state index in [1.165, 1.54) is 4.90 Å². The van der Waals surface area contributed by atoms with E-state index in [1.54, 1.807) is 0 Å². The summed E-state index contributed by atoms with van der Waals surface area (Å²) in [6.45, 7) is 5.72. The molecule has 0 fully saturated rings. The zero-order chi connectivity index (χ0) is 18.4. The maximum Gasteiger partial charge on any atom is 0.326 e. The first-order valence-electron chi connectivity index (χ1n) is 8.41. The molecule has 0 aliphatic carbocycles. The number of hydrogen-bond donors (Lipinski definition) is 1. The fourth-order valence-corrected chi connectivity index (χ4v) is 2.70. The smallest absolute Gasteiger partial charge is 0.326 e. The Labute approximate surface area is 149 Å². The van der Waals surface area contributed by atoms with Crippen molar-refractivity contribution < 1.29 is 14.7 Å². The Hall–Kier alpha value is -2.62. The molecule has 0 saturated carbocycles. The zero-order valence-electron chi connectivity index (χ0n) is 15.0. The molecule has 132 valence electrons. The molecular weight excluding hydrogens is 314 g/mol. The second-order valence-corrected chi connectivity index (χ2v) is 7.21. The summed E-state index contributed by atoms with van der Waals surface area (Å²) in [6.07, 6.45) is 0.283. The van der Waals surface area contributed by atoms with E-state index in [9.17, 15) is 14.7 Å². The van der Waals surface area contributed by atoms with Gasteiger partial charge in [-0.15, -0.1) is 0 Å². The molecule has 2 rings (SSSR count). The molecule has 0 bridgehead atoms. The largest absolute Gasteiger partial charge is 0.480 e. The van der Waals surface area contributed by atoms with Crippen molar-refractivity contribution in [1.82, 2.24) is 4.90 Å². The molecule has 1 unspecified atom stereocenters. The summed E-state index contributed by atoms with van der Waals surface area (Å²) in [4.78, 5) is 26.4. The standard InChI is InChI=1S/C21H25NO3/c1-21(2,3)20(25)22(15-17-12-8-5-9-13-17)18(19(23)24)14-16-10-6-4-7-11-16/h4-13,18H,14-15H2,1-3H3,(H,23,24). The SMILES string of the molecule is CC(C)(C)C(=O)N(Cc1ccccc1)C(Cc1ccccc1)C(=O)O. The van der Waals surface area contributed by atoms with Gasteiger partial charge in [-0.25, -0.2) is 4.79 Å². The fraction of sp³-hybridized carbons (Fsp3) is 0.333. The van der Waals surface area contributed by atoms with E-state index in [1.807, 2.05) is 81.4 Å². The minimum absolute atomic E-state index is 0.167. The number of aliphatic carboxylic acids is 1. The quantitative estimate of drug-likeness (QED) is 0.872. The van der Waals surface area contributed by atoms with E-state index < -0.39 is 17.4 Å². The predicted molar refractivity (Wildman–Crippen MR) is 98.0 cm³/mol. The van der Waals surface area contributed by atoms with Gasteiger partial charge in [-0.05, 0) is 11.1 Å². The monoisotopic (exact) mass is 339 g/mol. The first-order valence-corrected chi connectivity index (χ1v) is 8.41. The molecule has 0 radical (unpaired) electrons. The van der Waals surface area contributed by atoms with Crippen LogP contribution in [0.4, 0.5) is 0 Å². The maximum absolute atomic E-state index is 13.0. The van der Waals surface area contributed by atoms with Crippen molar-refractivity contribution in [1.29, 1.82) is 0 Å². The van der Waals surface area contributed by atoms with Gasteiger partial charge in [0.05, 0.1) is 0 Å². The lowest BCUT2D eigenvalue weighted by molar-refractivity contribution is -0.154. The molecule has 0 saturated heterocycles. The van der Waals surface area contributed by atoms with E-state index in [0.29, 0.717) is 0 Å². The van der Waals surface area contributed by atoms with E-state index in [2.05, 4.69) is 0 Å². The molecule has 25 heavy (non-hydrogen) atoms. The summed E-state index contributed by atoms with van der Waals surface area (Å²) >= 11 is 0. The topological polar surface area (TPSA) is 57.6 Å². The number of carboxylic acid groups (broad SMARTS) is 1. The van der Waals surface area contributed by atoms with Crippen molar-refractivity contribution in [3.63, 3.8) is 0 Å². The highest BCUT2D eigenvalue weighted by Gasteiger charge is 2.35. The average Bonchev–Trinajstić information content (AvgIpc) is 2.58. The number of rotatable bonds is 6. The van der Waals surface area contributed by atoms with Crippen molar-refractivity contribution in [3.05, 3.63) is 71.8 Å². The highest BCUT2D eigenvalue weighted by molar-refractivity contribution is 5.87. The molecule has 0 aliphatic heterocycles. The normalized spacial score (nSPS) is 12.4. The summed E-state index contributed by atoms with van der Waals surface area (Å²) in [7, 11) is 0. The Morgan fingerprint density at radius 1 is 0.920 bits per heavy atom. The van der Waals surface area contributed by atoms with Crippen molar-refractivity contribution in [2.45, 2.75) is 39.8 Å². The molecule has 2 aromatic carbocycles. The van der Waals surface area contributed by atoms with Crippen LogP contribution in [-0.2, 0) is 22.6 Å². The van der Waals surface area contributed by atoms with E-state index in [0.717, 1.165) is 11.1 Å². The maximum atomic E-state index is 13.0. The van der Waals surface area contributed by atoms with Crippen molar-refractivity contribution >= 4 is 11.9 Å². The second kappa shape index (κ2) is 7.97. The zero-order valence-corrected chi connectivity index (χ0v) is 15.0. The van der Waals surface area contributed by atoms with Crippen molar-refractivity contribution in [3.8, 4) is 0 Å². The van der Waals surface area contributed by atoms with Crippen LogP contribution in [0.3, 0.4) is 0 Å². The highest BCUT2D eigenvalue weighted by Crippen LogP contribution is 2.23. The molecule has 1 N–H and O–H groups in total. The first-order chi connectivity index (χ1) is 11.8. The van der Waals surface area contributed by atoms with E-state index in [4.69, 9.17) is 0 Å². The number of carbonyl (C=O) groups is 2. The molecule has 4 nitrogen and oxygen atoms in total. The number of amides is 1. The predicted octanol–water partition coefficient (Wildman–Crippen LogP) is 3.76. The molecule has 0 spiro atoms. The lowest BCUT2D eigenvalue weighted by Crippen LogP contribution is -2.49. The van der Waals surface area contributed by atoms with Gasteiger partial charge in [0.15, 0.2) is 0 Å². The molecular formula is C21H25NO3. The van der Waals surface area contributed by atoms with Gasteiger partial charge < -0.3 is 10.0 Å². The Balaban J connectivity index is 2.35. The Kier molecular flexibility index (Phi) is 5.97. The van der Waals surface area contributed by atoms with Gasteiger partial charge in [0.2, 0.25) is 5.91 Å². The molecule has 0 heterocycles.